The van der Waals surface area contributed by atoms with Crippen LogP contribution in [0.1, 0.15) is 45.6 Å². The fourth-order valence-electron chi connectivity index (χ4n) is 2.88. The molecule has 0 spiro atoms. The van der Waals surface area contributed by atoms with Crippen molar-refractivity contribution < 1.29 is 14.2 Å². The highest BCUT2D eigenvalue weighted by molar-refractivity contribution is 5.79. The second-order valence-corrected chi connectivity index (χ2v) is 7.95. The van der Waals surface area contributed by atoms with Gasteiger partial charge in [0.05, 0.1) is 20.8 Å². The Morgan fingerprint density at radius 3 is 2.54 bits per heavy atom. The summed E-state index contributed by atoms with van der Waals surface area (Å²) >= 11 is 0. The van der Waals surface area contributed by atoms with E-state index in [1.165, 1.54) is 18.4 Å². The molecule has 2 rings (SSSR count). The average Bonchev–Trinajstić information content (AvgIpc) is 3.52. The fraction of sp³-hybridized carbons (Fsp3) is 0.682. The summed E-state index contributed by atoms with van der Waals surface area (Å²) in [6, 6.07) is 6.06. The Kier molecular flexibility index (Phi) is 8.90. The molecule has 0 radical (unpaired) electrons. The molecule has 0 saturated heterocycles. The lowest BCUT2D eigenvalue weighted by atomic mass is 9.84. The zero-order chi connectivity index (χ0) is 20.4. The number of aliphatic imine (C=N–C) groups is 1. The van der Waals surface area contributed by atoms with Crippen LogP contribution in [0.25, 0.3) is 0 Å². The van der Waals surface area contributed by atoms with Crippen LogP contribution in [0.4, 0.5) is 0 Å². The Morgan fingerprint density at radius 1 is 1.14 bits per heavy atom. The maximum atomic E-state index is 5.69. The van der Waals surface area contributed by atoms with Crippen molar-refractivity contribution >= 4 is 5.96 Å². The molecule has 1 saturated carbocycles. The molecule has 1 aliphatic rings. The van der Waals surface area contributed by atoms with E-state index in [2.05, 4.69) is 37.5 Å². The van der Waals surface area contributed by atoms with Gasteiger partial charge in [0.15, 0.2) is 17.5 Å². The molecule has 6 heteroatoms. The zero-order valence-corrected chi connectivity index (χ0v) is 18.1. The fourth-order valence-corrected chi connectivity index (χ4v) is 2.88. The second-order valence-electron chi connectivity index (χ2n) is 7.95. The first-order chi connectivity index (χ1) is 13.5. The van der Waals surface area contributed by atoms with E-state index in [9.17, 15) is 0 Å². The highest BCUT2D eigenvalue weighted by atomic mass is 16.5. The lowest BCUT2D eigenvalue weighted by molar-refractivity contribution is 0.123. The maximum absolute atomic E-state index is 5.69. The molecule has 1 aliphatic carbocycles. The monoisotopic (exact) mass is 391 g/mol. The van der Waals surface area contributed by atoms with Crippen LogP contribution >= 0.6 is 0 Å². The first kappa shape index (κ1) is 22.3. The van der Waals surface area contributed by atoms with Crippen molar-refractivity contribution in [3.63, 3.8) is 0 Å². The topological polar surface area (TPSA) is 64.1 Å². The SMILES string of the molecule is CCNC(=NCC(C)(C)c1ccc(OC)c(OC)c1)NCCCOCC1CC1. The van der Waals surface area contributed by atoms with E-state index in [0.717, 1.165) is 56.1 Å². The molecule has 0 aromatic heterocycles. The minimum absolute atomic E-state index is 0.130. The van der Waals surface area contributed by atoms with Crippen LogP contribution in [0, 0.1) is 5.92 Å². The smallest absolute Gasteiger partial charge is 0.191 e. The molecular weight excluding hydrogens is 354 g/mol. The summed E-state index contributed by atoms with van der Waals surface area (Å²) in [5, 5.41) is 6.72. The van der Waals surface area contributed by atoms with Crippen LogP contribution in [-0.2, 0) is 10.2 Å². The van der Waals surface area contributed by atoms with E-state index < -0.39 is 0 Å². The van der Waals surface area contributed by atoms with Crippen LogP contribution in [-0.4, -0.2) is 53.0 Å². The van der Waals surface area contributed by atoms with Crippen molar-refractivity contribution in [1.29, 1.82) is 0 Å². The first-order valence-electron chi connectivity index (χ1n) is 10.3. The normalized spacial score (nSPS) is 14.7. The number of guanidine groups is 1. The van der Waals surface area contributed by atoms with E-state index in [1.807, 2.05) is 12.1 Å². The molecule has 6 nitrogen and oxygen atoms in total. The predicted octanol–water partition coefficient (Wildman–Crippen LogP) is 3.35. The summed E-state index contributed by atoms with van der Waals surface area (Å²) in [6.07, 6.45) is 3.66. The van der Waals surface area contributed by atoms with Crippen LogP contribution in [0.5, 0.6) is 11.5 Å². The number of hydrogen-bond acceptors (Lipinski definition) is 4. The molecule has 28 heavy (non-hydrogen) atoms. The van der Waals surface area contributed by atoms with E-state index in [-0.39, 0.29) is 5.41 Å². The third-order valence-electron chi connectivity index (χ3n) is 4.95. The molecule has 0 unspecified atom stereocenters. The molecule has 2 N–H and O–H groups in total. The lowest BCUT2D eigenvalue weighted by Crippen LogP contribution is -2.39. The summed E-state index contributed by atoms with van der Waals surface area (Å²) in [5.74, 6) is 3.15. The van der Waals surface area contributed by atoms with Gasteiger partial charge in [-0.25, -0.2) is 0 Å². The van der Waals surface area contributed by atoms with Crippen molar-refractivity contribution in [2.45, 2.75) is 45.4 Å². The van der Waals surface area contributed by atoms with E-state index in [4.69, 9.17) is 19.2 Å². The number of ether oxygens (including phenoxy) is 3. The highest BCUT2D eigenvalue weighted by Crippen LogP contribution is 2.33. The van der Waals surface area contributed by atoms with E-state index in [1.54, 1.807) is 14.2 Å². The van der Waals surface area contributed by atoms with Gasteiger partial charge in [-0.3, -0.25) is 4.99 Å². The molecule has 1 aromatic carbocycles. The highest BCUT2D eigenvalue weighted by Gasteiger charge is 2.22. The van der Waals surface area contributed by atoms with Crippen molar-refractivity contribution in [2.24, 2.45) is 10.9 Å². The number of methoxy groups -OCH3 is 2. The minimum atomic E-state index is -0.130. The Hall–Kier alpha value is -1.95. The van der Waals surface area contributed by atoms with Gasteiger partial charge in [-0.2, -0.15) is 0 Å². The number of rotatable bonds is 12. The van der Waals surface area contributed by atoms with E-state index >= 15 is 0 Å². The molecule has 158 valence electrons. The quantitative estimate of drug-likeness (QED) is 0.325. The second kappa shape index (κ2) is 11.1. The average molecular weight is 392 g/mol. The van der Waals surface area contributed by atoms with Gasteiger partial charge in [0.25, 0.3) is 0 Å². The molecule has 1 fully saturated rings. The Labute approximate surface area is 170 Å². The van der Waals surface area contributed by atoms with Crippen molar-refractivity contribution in [3.8, 4) is 11.5 Å². The van der Waals surface area contributed by atoms with Crippen molar-refractivity contribution in [2.75, 3.05) is 47.1 Å². The summed E-state index contributed by atoms with van der Waals surface area (Å²) in [4.78, 5) is 4.80. The Balaban J connectivity index is 1.87. The van der Waals surface area contributed by atoms with E-state index in [0.29, 0.717) is 6.54 Å². The molecule has 0 aliphatic heterocycles. The molecule has 0 bridgehead atoms. The lowest BCUT2D eigenvalue weighted by Gasteiger charge is -2.25. The number of hydrogen-bond donors (Lipinski definition) is 2. The van der Waals surface area contributed by atoms with Crippen LogP contribution in [0.3, 0.4) is 0 Å². The molecule has 0 atom stereocenters. The molecule has 0 heterocycles. The standard InChI is InChI=1S/C22H37N3O3/c1-6-23-21(24-12-7-13-28-15-17-8-9-17)25-16-22(2,3)18-10-11-19(26-4)20(14-18)27-5/h10-11,14,17H,6-9,12-13,15-16H2,1-5H3,(H2,23,24,25). The number of nitrogens with one attached hydrogen (secondary N) is 2. The molecular formula is C22H37N3O3. The van der Waals surface area contributed by atoms with Gasteiger partial charge < -0.3 is 24.8 Å². The van der Waals surface area contributed by atoms with Gasteiger partial charge >= 0.3 is 0 Å². The number of nitrogens with zero attached hydrogens (tertiary/aromatic N) is 1. The van der Waals surface area contributed by atoms with Gasteiger partial charge in [0.2, 0.25) is 0 Å². The van der Waals surface area contributed by atoms with Gasteiger partial charge in [0.1, 0.15) is 0 Å². The van der Waals surface area contributed by atoms with Crippen LogP contribution in [0.2, 0.25) is 0 Å². The predicted molar refractivity (Wildman–Crippen MR) is 115 cm³/mol. The van der Waals surface area contributed by atoms with Crippen LogP contribution < -0.4 is 20.1 Å². The van der Waals surface area contributed by atoms with Crippen molar-refractivity contribution in [3.05, 3.63) is 23.8 Å². The van der Waals surface area contributed by atoms with Crippen molar-refractivity contribution in [1.82, 2.24) is 10.6 Å². The van der Waals surface area contributed by atoms with Gasteiger partial charge in [0, 0.05) is 31.7 Å². The Morgan fingerprint density at radius 2 is 1.89 bits per heavy atom. The third-order valence-corrected chi connectivity index (χ3v) is 4.95. The Bertz CT molecular complexity index is 627. The summed E-state index contributed by atoms with van der Waals surface area (Å²) < 4.78 is 16.5. The zero-order valence-electron chi connectivity index (χ0n) is 18.1. The molecule has 0 amide bonds. The summed E-state index contributed by atoms with van der Waals surface area (Å²) in [5.41, 5.74) is 1.04. The minimum Gasteiger partial charge on any atom is -0.493 e. The first-order valence-corrected chi connectivity index (χ1v) is 10.3. The molecule has 1 aromatic rings. The summed E-state index contributed by atoms with van der Waals surface area (Å²) in [7, 11) is 3.31. The largest absolute Gasteiger partial charge is 0.493 e. The third kappa shape index (κ3) is 7.23. The maximum Gasteiger partial charge on any atom is 0.191 e. The number of benzene rings is 1. The van der Waals surface area contributed by atoms with Gasteiger partial charge in [-0.05, 0) is 49.8 Å². The van der Waals surface area contributed by atoms with Gasteiger partial charge in [-0.1, -0.05) is 19.9 Å². The van der Waals surface area contributed by atoms with Gasteiger partial charge in [-0.15, -0.1) is 0 Å². The summed E-state index contributed by atoms with van der Waals surface area (Å²) in [6.45, 7) is 10.5. The van der Waals surface area contributed by atoms with Crippen LogP contribution in [0.15, 0.2) is 23.2 Å².